The summed E-state index contributed by atoms with van der Waals surface area (Å²) in [5.41, 5.74) is 6.89. The van der Waals surface area contributed by atoms with Crippen molar-refractivity contribution in [1.29, 1.82) is 0 Å². The van der Waals surface area contributed by atoms with Crippen molar-refractivity contribution < 1.29 is 0 Å². The maximum Gasteiger partial charge on any atom is 0.0457 e. The number of aryl methyl sites for hydroxylation is 1. The predicted octanol–water partition coefficient (Wildman–Crippen LogP) is 5.55. The van der Waals surface area contributed by atoms with E-state index in [1.165, 1.54) is 45.3 Å². The van der Waals surface area contributed by atoms with Gasteiger partial charge >= 0.3 is 0 Å². The molecule has 1 unspecified atom stereocenters. The average molecular weight is 363 g/mol. The van der Waals surface area contributed by atoms with Gasteiger partial charge in [0.15, 0.2) is 0 Å². The number of fused-ring (bicyclic) bond motifs is 1. The van der Waals surface area contributed by atoms with E-state index >= 15 is 0 Å². The maximum absolute atomic E-state index is 3.66. The molecule has 1 aliphatic heterocycles. The summed E-state index contributed by atoms with van der Waals surface area (Å²) < 4.78 is 0. The normalized spacial score (nSPS) is 17.4. The van der Waals surface area contributed by atoms with Gasteiger partial charge in [-0.25, -0.2) is 0 Å². The standard InChI is InChI=1S/C23H26N2S/c1-17-5-4-6-18(13-17)19-9-11-24-21(14-19)10-12-26-16-20-15-25-23-8-3-2-7-22(20)23/h2-9,13,15,21,24-25H,10-12,14,16H2,1H3. The zero-order valence-corrected chi connectivity index (χ0v) is 16.1. The summed E-state index contributed by atoms with van der Waals surface area (Å²) in [5, 5.41) is 5.02. The molecule has 1 aromatic heterocycles. The zero-order valence-electron chi connectivity index (χ0n) is 15.3. The highest BCUT2D eigenvalue weighted by Gasteiger charge is 2.16. The van der Waals surface area contributed by atoms with Gasteiger partial charge in [0.25, 0.3) is 0 Å². The van der Waals surface area contributed by atoms with Gasteiger partial charge in [-0.3, -0.25) is 0 Å². The lowest BCUT2D eigenvalue weighted by Gasteiger charge is -2.24. The molecule has 1 atom stereocenters. The van der Waals surface area contributed by atoms with Crippen LogP contribution in [0.1, 0.15) is 29.5 Å². The van der Waals surface area contributed by atoms with Crippen LogP contribution in [0.25, 0.3) is 16.5 Å². The highest BCUT2D eigenvalue weighted by molar-refractivity contribution is 7.98. The fourth-order valence-corrected chi connectivity index (χ4v) is 4.77. The molecule has 0 bridgehead atoms. The van der Waals surface area contributed by atoms with E-state index in [0.717, 1.165) is 18.7 Å². The number of benzene rings is 2. The third-order valence-electron chi connectivity index (χ3n) is 5.15. The van der Waals surface area contributed by atoms with E-state index in [2.05, 4.69) is 78.0 Å². The van der Waals surface area contributed by atoms with Crippen LogP contribution in [0.3, 0.4) is 0 Å². The van der Waals surface area contributed by atoms with Gasteiger partial charge in [-0.15, -0.1) is 0 Å². The van der Waals surface area contributed by atoms with Crippen LogP contribution in [0.2, 0.25) is 0 Å². The Kier molecular flexibility index (Phi) is 5.47. The second-order valence-electron chi connectivity index (χ2n) is 7.11. The van der Waals surface area contributed by atoms with Gasteiger partial charge in [0.2, 0.25) is 0 Å². The number of aromatic amines is 1. The van der Waals surface area contributed by atoms with Crippen molar-refractivity contribution in [1.82, 2.24) is 10.3 Å². The number of hydrogen-bond donors (Lipinski definition) is 2. The average Bonchev–Trinajstić information content (AvgIpc) is 3.09. The molecule has 0 saturated heterocycles. The molecule has 2 N–H and O–H groups in total. The van der Waals surface area contributed by atoms with Crippen molar-refractivity contribution in [2.45, 2.75) is 31.6 Å². The maximum atomic E-state index is 3.66. The molecule has 0 saturated carbocycles. The first-order valence-corrected chi connectivity index (χ1v) is 10.6. The summed E-state index contributed by atoms with van der Waals surface area (Å²) in [6.45, 7) is 3.16. The molecular formula is C23H26N2S. The third kappa shape index (κ3) is 4.05. The predicted molar refractivity (Wildman–Crippen MR) is 115 cm³/mol. The van der Waals surface area contributed by atoms with E-state index in [1.807, 2.05) is 11.8 Å². The van der Waals surface area contributed by atoms with Crippen LogP contribution in [-0.4, -0.2) is 23.3 Å². The van der Waals surface area contributed by atoms with Crippen molar-refractivity contribution in [2.24, 2.45) is 0 Å². The Morgan fingerprint density at radius 2 is 2.04 bits per heavy atom. The molecule has 0 fully saturated rings. The Labute approximate surface area is 160 Å². The van der Waals surface area contributed by atoms with Crippen LogP contribution in [-0.2, 0) is 5.75 Å². The van der Waals surface area contributed by atoms with Crippen molar-refractivity contribution in [2.75, 3.05) is 12.3 Å². The van der Waals surface area contributed by atoms with E-state index in [4.69, 9.17) is 0 Å². The van der Waals surface area contributed by atoms with E-state index in [9.17, 15) is 0 Å². The van der Waals surface area contributed by atoms with Crippen LogP contribution >= 0.6 is 11.8 Å². The summed E-state index contributed by atoms with van der Waals surface area (Å²) in [6, 6.07) is 18.0. The van der Waals surface area contributed by atoms with Gasteiger partial charge in [-0.2, -0.15) is 11.8 Å². The topological polar surface area (TPSA) is 27.8 Å². The summed E-state index contributed by atoms with van der Waals surface area (Å²) in [6.07, 6.45) is 6.87. The van der Waals surface area contributed by atoms with Crippen LogP contribution in [0.5, 0.6) is 0 Å². The molecule has 2 heterocycles. The van der Waals surface area contributed by atoms with Crippen LogP contribution in [0.4, 0.5) is 0 Å². The lowest BCUT2D eigenvalue weighted by Crippen LogP contribution is -2.33. The summed E-state index contributed by atoms with van der Waals surface area (Å²) >= 11 is 2.04. The second kappa shape index (κ2) is 8.15. The summed E-state index contributed by atoms with van der Waals surface area (Å²) in [4.78, 5) is 3.37. The minimum Gasteiger partial charge on any atom is -0.361 e. The molecule has 1 aliphatic rings. The lowest BCUT2D eigenvalue weighted by atomic mass is 9.93. The van der Waals surface area contributed by atoms with Gasteiger partial charge in [0, 0.05) is 35.4 Å². The van der Waals surface area contributed by atoms with E-state index in [-0.39, 0.29) is 0 Å². The highest BCUT2D eigenvalue weighted by Crippen LogP contribution is 2.26. The first-order chi connectivity index (χ1) is 12.8. The minimum atomic E-state index is 0.589. The first kappa shape index (κ1) is 17.4. The molecule has 26 heavy (non-hydrogen) atoms. The van der Waals surface area contributed by atoms with E-state index in [1.54, 1.807) is 0 Å². The Morgan fingerprint density at radius 1 is 1.12 bits per heavy atom. The molecule has 0 aliphatic carbocycles. The molecule has 134 valence electrons. The Balaban J connectivity index is 1.28. The van der Waals surface area contributed by atoms with Crippen LogP contribution in [0.15, 0.2) is 60.8 Å². The van der Waals surface area contributed by atoms with E-state index in [0.29, 0.717) is 6.04 Å². The van der Waals surface area contributed by atoms with Crippen molar-refractivity contribution >= 4 is 28.2 Å². The molecule has 2 nitrogen and oxygen atoms in total. The van der Waals surface area contributed by atoms with Crippen molar-refractivity contribution in [3.8, 4) is 0 Å². The molecule has 0 spiro atoms. The van der Waals surface area contributed by atoms with Gasteiger partial charge in [-0.05, 0) is 48.3 Å². The fraction of sp³-hybridized carbons (Fsp3) is 0.304. The molecule has 0 radical (unpaired) electrons. The summed E-state index contributed by atoms with van der Waals surface area (Å²) in [5.74, 6) is 2.27. The first-order valence-electron chi connectivity index (χ1n) is 9.42. The van der Waals surface area contributed by atoms with Gasteiger partial charge in [-0.1, -0.05) is 54.1 Å². The molecule has 2 aromatic carbocycles. The number of rotatable bonds is 6. The second-order valence-corrected chi connectivity index (χ2v) is 8.21. The van der Waals surface area contributed by atoms with E-state index < -0.39 is 0 Å². The molecule has 0 amide bonds. The molecule has 4 rings (SSSR count). The number of para-hydroxylation sites is 1. The quantitative estimate of drug-likeness (QED) is 0.563. The molecule has 3 heteroatoms. The van der Waals surface area contributed by atoms with Crippen molar-refractivity contribution in [3.63, 3.8) is 0 Å². The number of aromatic nitrogens is 1. The SMILES string of the molecule is Cc1cccc(C2=CCNC(CCSCc3c[nH]c4ccccc34)C2)c1. The Morgan fingerprint density at radius 3 is 2.96 bits per heavy atom. The monoisotopic (exact) mass is 362 g/mol. The van der Waals surface area contributed by atoms with Crippen LogP contribution < -0.4 is 5.32 Å². The largest absolute Gasteiger partial charge is 0.361 e. The van der Waals surface area contributed by atoms with Gasteiger partial charge in [0.05, 0.1) is 0 Å². The van der Waals surface area contributed by atoms with Crippen LogP contribution in [0, 0.1) is 6.92 Å². The number of thioether (sulfide) groups is 1. The lowest BCUT2D eigenvalue weighted by molar-refractivity contribution is 0.525. The van der Waals surface area contributed by atoms with Gasteiger partial charge in [0.1, 0.15) is 0 Å². The number of nitrogens with one attached hydrogen (secondary N) is 2. The number of H-pyrrole nitrogens is 1. The Hall–Kier alpha value is -1.97. The highest BCUT2D eigenvalue weighted by atomic mass is 32.2. The molecule has 3 aromatic rings. The minimum absolute atomic E-state index is 0.589. The fourth-order valence-electron chi connectivity index (χ4n) is 3.71. The Bertz CT molecular complexity index is 909. The van der Waals surface area contributed by atoms with Crippen molar-refractivity contribution in [3.05, 3.63) is 77.5 Å². The summed E-state index contributed by atoms with van der Waals surface area (Å²) in [7, 11) is 0. The third-order valence-corrected chi connectivity index (χ3v) is 6.19. The number of hydrogen-bond acceptors (Lipinski definition) is 2. The smallest absolute Gasteiger partial charge is 0.0457 e. The van der Waals surface area contributed by atoms with Gasteiger partial charge < -0.3 is 10.3 Å². The zero-order chi connectivity index (χ0) is 17.8. The molecular weight excluding hydrogens is 336 g/mol.